The summed E-state index contributed by atoms with van der Waals surface area (Å²) in [5, 5.41) is 5.44. The minimum Gasteiger partial charge on any atom is -0.368 e. The first-order valence-electron chi connectivity index (χ1n) is 13.4. The van der Waals surface area contributed by atoms with E-state index in [0.717, 1.165) is 25.7 Å². The van der Waals surface area contributed by atoms with Crippen molar-refractivity contribution in [1.29, 1.82) is 0 Å². The Bertz CT molecular complexity index is 912. The molecular weight excluding hydrogens is 360 g/mol. The zero-order valence-electron chi connectivity index (χ0n) is 23.8. The number of rotatable bonds is 5. The van der Waals surface area contributed by atoms with Crippen molar-refractivity contribution < 1.29 is 15.8 Å². The number of nitrogens with one attached hydrogen (secondary N) is 2. The second kappa shape index (κ2) is 9.65. The summed E-state index contributed by atoms with van der Waals surface area (Å²) in [4.78, 5) is 12.7. The van der Waals surface area contributed by atoms with Gasteiger partial charge in [0.2, 0.25) is 0 Å². The van der Waals surface area contributed by atoms with E-state index in [1.807, 2.05) is 0 Å². The standard InChI is InChI=1S/C21H33ClN4O/c1-16-4-3-5-19(20(16)22)26-14-12-25(13-15-26)11-10-17-6-8-18(9-7-17)24-21(27)23-2/h3-5,17-18H,6-15H2,1-2H3,(H2,23,24,27)/t17-,18-/i12D2,13D2,14D2,15D2. The minimum atomic E-state index is -2.94. The highest BCUT2D eigenvalue weighted by Gasteiger charge is 2.24. The van der Waals surface area contributed by atoms with Gasteiger partial charge in [0, 0.05) is 44.6 Å². The molecule has 150 valence electrons. The number of hydrogen-bond donors (Lipinski definition) is 2. The Kier molecular flexibility index (Phi) is 4.35. The number of carbonyl (C=O) groups is 1. The summed E-state index contributed by atoms with van der Waals surface area (Å²) in [6.45, 7) is -10.1. The van der Waals surface area contributed by atoms with E-state index < -0.39 is 26.0 Å². The fraction of sp³-hybridized carbons (Fsp3) is 0.667. The van der Waals surface area contributed by atoms with Gasteiger partial charge in [0.1, 0.15) is 0 Å². The van der Waals surface area contributed by atoms with Crippen molar-refractivity contribution in [2.75, 3.05) is 44.5 Å². The zero-order valence-corrected chi connectivity index (χ0v) is 16.6. The maximum Gasteiger partial charge on any atom is 0.314 e. The Labute approximate surface area is 179 Å². The van der Waals surface area contributed by atoms with Gasteiger partial charge in [-0.05, 0) is 63.1 Å². The summed E-state index contributed by atoms with van der Waals surface area (Å²) in [7, 11) is 1.55. The van der Waals surface area contributed by atoms with Gasteiger partial charge in [-0.25, -0.2) is 4.79 Å². The van der Waals surface area contributed by atoms with Gasteiger partial charge >= 0.3 is 6.03 Å². The SMILES string of the molecule is [2H]C1([2H])N(CC[C@H]2CC[C@H](NC(=O)NC)CC2)C([2H])([2H])C([2H])([2H])N(c2cccc(C)c2Cl)C1([2H])[2H]. The lowest BCUT2D eigenvalue weighted by atomic mass is 9.84. The third-order valence-electron chi connectivity index (χ3n) is 5.18. The molecule has 1 heterocycles. The third kappa shape index (κ3) is 5.52. The van der Waals surface area contributed by atoms with E-state index in [1.54, 1.807) is 26.1 Å². The molecule has 0 radical (unpaired) electrons. The topological polar surface area (TPSA) is 47.6 Å². The zero-order chi connectivity index (χ0) is 26.4. The second-order valence-electron chi connectivity index (χ2n) is 7.07. The summed E-state index contributed by atoms with van der Waals surface area (Å²) >= 11 is 6.36. The number of anilines is 1. The average molecular weight is 401 g/mol. The van der Waals surface area contributed by atoms with Crippen LogP contribution in [0.3, 0.4) is 0 Å². The first-order valence-corrected chi connectivity index (χ1v) is 9.78. The highest BCUT2D eigenvalue weighted by atomic mass is 35.5. The molecule has 2 aliphatic rings. The van der Waals surface area contributed by atoms with Crippen LogP contribution < -0.4 is 15.5 Å². The van der Waals surface area contributed by atoms with Crippen LogP contribution in [0.4, 0.5) is 10.5 Å². The number of urea groups is 1. The second-order valence-corrected chi connectivity index (χ2v) is 7.45. The quantitative estimate of drug-likeness (QED) is 0.793. The molecule has 0 atom stereocenters. The molecule has 1 aliphatic heterocycles. The largest absolute Gasteiger partial charge is 0.368 e. The number of benzene rings is 1. The molecule has 2 N–H and O–H groups in total. The molecule has 0 bridgehead atoms. The lowest BCUT2D eigenvalue weighted by Gasteiger charge is -2.37. The van der Waals surface area contributed by atoms with Crippen molar-refractivity contribution in [3.63, 3.8) is 0 Å². The highest BCUT2D eigenvalue weighted by molar-refractivity contribution is 6.34. The Hall–Kier alpha value is -1.46. The molecule has 1 aliphatic carbocycles. The van der Waals surface area contributed by atoms with Crippen LogP contribution in [0, 0.1) is 12.8 Å². The number of hydrogen-bond acceptors (Lipinski definition) is 3. The molecule has 1 saturated heterocycles. The molecule has 0 aromatic heterocycles. The molecule has 0 spiro atoms. The predicted octanol–water partition coefficient (Wildman–Crippen LogP) is 3.65. The van der Waals surface area contributed by atoms with E-state index in [9.17, 15) is 4.79 Å². The van der Waals surface area contributed by atoms with Crippen molar-refractivity contribution in [2.24, 2.45) is 5.92 Å². The van der Waals surface area contributed by atoms with E-state index in [1.165, 1.54) is 6.07 Å². The van der Waals surface area contributed by atoms with Gasteiger partial charge in [-0.3, -0.25) is 4.90 Å². The van der Waals surface area contributed by atoms with Crippen molar-refractivity contribution in [3.8, 4) is 0 Å². The van der Waals surface area contributed by atoms with Gasteiger partial charge in [-0.1, -0.05) is 23.7 Å². The van der Waals surface area contributed by atoms with Gasteiger partial charge < -0.3 is 15.5 Å². The average Bonchev–Trinajstić information content (AvgIpc) is 2.76. The van der Waals surface area contributed by atoms with Gasteiger partial charge in [-0.2, -0.15) is 0 Å². The van der Waals surface area contributed by atoms with Gasteiger partial charge in [-0.15, -0.1) is 0 Å². The highest BCUT2D eigenvalue weighted by Crippen LogP contribution is 2.30. The van der Waals surface area contributed by atoms with Crippen LogP contribution in [0.2, 0.25) is 5.02 Å². The Morgan fingerprint density at radius 2 is 1.93 bits per heavy atom. The molecule has 27 heavy (non-hydrogen) atoms. The van der Waals surface area contributed by atoms with E-state index >= 15 is 0 Å². The number of nitrogens with zero attached hydrogens (tertiary/aromatic N) is 2. The summed E-state index contributed by atoms with van der Waals surface area (Å²) in [6, 6.07) is 4.38. The van der Waals surface area contributed by atoms with Gasteiger partial charge in [0.05, 0.1) is 16.2 Å². The summed E-state index contributed by atoms with van der Waals surface area (Å²) in [5.41, 5.74) is 0.442. The third-order valence-corrected chi connectivity index (χ3v) is 5.67. The van der Waals surface area contributed by atoms with Crippen LogP contribution >= 0.6 is 11.6 Å². The van der Waals surface area contributed by atoms with E-state index in [4.69, 9.17) is 22.6 Å². The number of halogens is 1. The van der Waals surface area contributed by atoms with Crippen molar-refractivity contribution in [2.45, 2.75) is 45.1 Å². The molecule has 2 fully saturated rings. The number of amides is 2. The van der Waals surface area contributed by atoms with Gasteiger partial charge in [0.15, 0.2) is 0 Å². The van der Waals surface area contributed by atoms with Crippen LogP contribution in [-0.4, -0.2) is 56.6 Å². The van der Waals surface area contributed by atoms with Gasteiger partial charge in [0.25, 0.3) is 0 Å². The van der Waals surface area contributed by atoms with E-state index in [0.29, 0.717) is 21.8 Å². The minimum absolute atomic E-state index is 0.0370. The summed E-state index contributed by atoms with van der Waals surface area (Å²) < 4.78 is 69.2. The molecule has 1 aromatic carbocycles. The van der Waals surface area contributed by atoms with Crippen LogP contribution in [0.15, 0.2) is 18.2 Å². The summed E-state index contributed by atoms with van der Waals surface area (Å²) in [6.07, 6.45) is 3.35. The lowest BCUT2D eigenvalue weighted by molar-refractivity contribution is 0.206. The summed E-state index contributed by atoms with van der Waals surface area (Å²) in [5.74, 6) is 0.130. The van der Waals surface area contributed by atoms with E-state index in [-0.39, 0.29) is 35.2 Å². The number of piperazine rings is 1. The van der Waals surface area contributed by atoms with Crippen LogP contribution in [0.1, 0.15) is 48.6 Å². The van der Waals surface area contributed by atoms with Crippen molar-refractivity contribution in [3.05, 3.63) is 28.8 Å². The van der Waals surface area contributed by atoms with E-state index in [2.05, 4.69) is 10.6 Å². The van der Waals surface area contributed by atoms with Crippen LogP contribution in [0.5, 0.6) is 0 Å². The molecule has 1 aromatic rings. The molecule has 0 unspecified atom stereocenters. The molecule has 1 saturated carbocycles. The van der Waals surface area contributed by atoms with Crippen LogP contribution in [-0.2, 0) is 0 Å². The Morgan fingerprint density at radius 3 is 2.59 bits per heavy atom. The first kappa shape index (κ1) is 12.2. The molecule has 5 nitrogen and oxygen atoms in total. The maximum atomic E-state index is 11.5. The Morgan fingerprint density at radius 1 is 1.22 bits per heavy atom. The number of carbonyl (C=O) groups excluding carboxylic acids is 1. The number of aryl methyl sites for hydroxylation is 1. The predicted molar refractivity (Wildman–Crippen MR) is 113 cm³/mol. The lowest BCUT2D eigenvalue weighted by Crippen LogP contribution is -2.47. The van der Waals surface area contributed by atoms with Crippen molar-refractivity contribution >= 4 is 23.3 Å². The maximum absolute atomic E-state index is 11.5. The fourth-order valence-corrected chi connectivity index (χ4v) is 3.69. The first-order chi connectivity index (χ1) is 16.1. The molecular formula is C21H33ClN4O. The fourth-order valence-electron chi connectivity index (χ4n) is 3.48. The monoisotopic (exact) mass is 400 g/mol. The van der Waals surface area contributed by atoms with Crippen molar-refractivity contribution in [1.82, 2.24) is 15.5 Å². The normalized spacial score (nSPS) is 35.7. The molecule has 2 amide bonds. The Balaban J connectivity index is 1.83. The smallest absolute Gasteiger partial charge is 0.314 e. The molecule has 3 rings (SSSR count). The van der Waals surface area contributed by atoms with Crippen LogP contribution in [0.25, 0.3) is 0 Å². The molecule has 6 heteroatoms.